The molecular formula is C18H22N2O3S. The number of aryl methyl sites for hydroxylation is 2. The summed E-state index contributed by atoms with van der Waals surface area (Å²) in [6, 6.07) is 11.8. The lowest BCUT2D eigenvalue weighted by molar-refractivity contribution is 0.102. The van der Waals surface area contributed by atoms with Crippen LogP contribution in [0.3, 0.4) is 0 Å². The molecule has 0 atom stereocenters. The molecular weight excluding hydrogens is 324 g/mol. The van der Waals surface area contributed by atoms with Crippen LogP contribution in [0.5, 0.6) is 0 Å². The minimum Gasteiger partial charge on any atom is -0.322 e. The molecule has 5 nitrogen and oxygen atoms in total. The van der Waals surface area contributed by atoms with E-state index in [9.17, 15) is 13.2 Å². The van der Waals surface area contributed by atoms with E-state index in [0.717, 1.165) is 16.8 Å². The van der Waals surface area contributed by atoms with Crippen molar-refractivity contribution in [2.75, 3.05) is 11.9 Å². The molecule has 128 valence electrons. The highest BCUT2D eigenvalue weighted by molar-refractivity contribution is 7.89. The molecule has 0 aromatic heterocycles. The van der Waals surface area contributed by atoms with Crippen molar-refractivity contribution < 1.29 is 13.2 Å². The lowest BCUT2D eigenvalue weighted by Gasteiger charge is -2.12. The van der Waals surface area contributed by atoms with E-state index < -0.39 is 10.0 Å². The summed E-state index contributed by atoms with van der Waals surface area (Å²) >= 11 is 0. The summed E-state index contributed by atoms with van der Waals surface area (Å²) in [6.07, 6.45) is 0.700. The van der Waals surface area contributed by atoms with E-state index in [2.05, 4.69) is 10.0 Å². The molecule has 2 aromatic carbocycles. The molecule has 2 N–H and O–H groups in total. The van der Waals surface area contributed by atoms with Gasteiger partial charge in [0.1, 0.15) is 0 Å². The van der Waals surface area contributed by atoms with E-state index in [0.29, 0.717) is 18.5 Å². The maximum atomic E-state index is 12.5. The minimum atomic E-state index is -3.60. The van der Waals surface area contributed by atoms with Gasteiger partial charge in [0.05, 0.1) is 4.90 Å². The van der Waals surface area contributed by atoms with Gasteiger partial charge < -0.3 is 5.32 Å². The number of rotatable bonds is 6. The zero-order valence-electron chi connectivity index (χ0n) is 14.1. The van der Waals surface area contributed by atoms with E-state index in [1.807, 2.05) is 39.0 Å². The van der Waals surface area contributed by atoms with Crippen LogP contribution in [0.1, 0.15) is 34.8 Å². The quantitative estimate of drug-likeness (QED) is 0.843. The van der Waals surface area contributed by atoms with Crippen molar-refractivity contribution >= 4 is 21.6 Å². The van der Waals surface area contributed by atoms with Crippen LogP contribution < -0.4 is 10.0 Å². The summed E-state index contributed by atoms with van der Waals surface area (Å²) in [5, 5.41) is 2.86. The third-order valence-electron chi connectivity index (χ3n) is 3.67. The van der Waals surface area contributed by atoms with Crippen LogP contribution >= 0.6 is 0 Å². The van der Waals surface area contributed by atoms with Gasteiger partial charge in [0.2, 0.25) is 10.0 Å². The van der Waals surface area contributed by atoms with Crippen LogP contribution in [-0.2, 0) is 10.0 Å². The fourth-order valence-electron chi connectivity index (χ4n) is 2.32. The van der Waals surface area contributed by atoms with E-state index in [-0.39, 0.29) is 10.8 Å². The standard InChI is InChI=1S/C18H22N2O3S/c1-4-11-19-24(22,23)16-10-6-9-15(12-16)18(21)20-17-13(2)7-5-8-14(17)3/h5-10,12,19H,4,11H2,1-3H3,(H,20,21). The predicted molar refractivity (Wildman–Crippen MR) is 95.8 cm³/mol. The molecule has 0 saturated heterocycles. The number of anilines is 1. The highest BCUT2D eigenvalue weighted by Gasteiger charge is 2.16. The number of carbonyl (C=O) groups excluding carboxylic acids is 1. The van der Waals surface area contributed by atoms with Gasteiger partial charge in [-0.05, 0) is 49.6 Å². The maximum Gasteiger partial charge on any atom is 0.255 e. The van der Waals surface area contributed by atoms with Gasteiger partial charge in [-0.3, -0.25) is 4.79 Å². The third-order valence-corrected chi connectivity index (χ3v) is 5.13. The Balaban J connectivity index is 2.27. The molecule has 0 heterocycles. The first kappa shape index (κ1) is 18.2. The molecule has 2 rings (SSSR count). The minimum absolute atomic E-state index is 0.0881. The van der Waals surface area contributed by atoms with Crippen molar-refractivity contribution in [3.63, 3.8) is 0 Å². The Morgan fingerprint density at radius 2 is 1.67 bits per heavy atom. The summed E-state index contributed by atoms with van der Waals surface area (Å²) in [5.74, 6) is -0.333. The molecule has 0 spiro atoms. The van der Waals surface area contributed by atoms with E-state index in [4.69, 9.17) is 0 Å². The lowest BCUT2D eigenvalue weighted by atomic mass is 10.1. The molecule has 2 aromatic rings. The van der Waals surface area contributed by atoms with E-state index >= 15 is 0 Å². The van der Waals surface area contributed by atoms with Gasteiger partial charge in [0.15, 0.2) is 0 Å². The Morgan fingerprint density at radius 1 is 1.04 bits per heavy atom. The zero-order valence-corrected chi connectivity index (χ0v) is 14.9. The van der Waals surface area contributed by atoms with E-state index in [1.165, 1.54) is 12.1 Å². The number of para-hydroxylation sites is 1. The zero-order chi connectivity index (χ0) is 17.7. The predicted octanol–water partition coefficient (Wildman–Crippen LogP) is 3.24. The summed E-state index contributed by atoms with van der Waals surface area (Å²) in [7, 11) is -3.60. The molecule has 0 bridgehead atoms. The highest BCUT2D eigenvalue weighted by Crippen LogP contribution is 2.21. The van der Waals surface area contributed by atoms with Crippen LogP contribution in [0.15, 0.2) is 47.4 Å². The van der Waals surface area contributed by atoms with Crippen LogP contribution in [0.2, 0.25) is 0 Å². The molecule has 0 aliphatic heterocycles. The number of hydrogen-bond donors (Lipinski definition) is 2. The molecule has 0 aliphatic rings. The Bertz CT molecular complexity index is 825. The lowest BCUT2D eigenvalue weighted by Crippen LogP contribution is -2.24. The Kier molecular flexibility index (Phi) is 5.75. The first-order valence-electron chi connectivity index (χ1n) is 7.82. The van der Waals surface area contributed by atoms with Gasteiger partial charge >= 0.3 is 0 Å². The van der Waals surface area contributed by atoms with Crippen molar-refractivity contribution in [3.8, 4) is 0 Å². The van der Waals surface area contributed by atoms with Gasteiger partial charge in [0.25, 0.3) is 5.91 Å². The average Bonchev–Trinajstić information content (AvgIpc) is 2.56. The summed E-state index contributed by atoms with van der Waals surface area (Å²) in [4.78, 5) is 12.6. The number of amides is 1. The normalized spacial score (nSPS) is 11.3. The van der Waals surface area contributed by atoms with Gasteiger partial charge in [-0.2, -0.15) is 0 Å². The monoisotopic (exact) mass is 346 g/mol. The second-order valence-electron chi connectivity index (χ2n) is 5.65. The van der Waals surface area contributed by atoms with Gasteiger partial charge in [-0.15, -0.1) is 0 Å². The highest BCUT2D eigenvalue weighted by atomic mass is 32.2. The van der Waals surface area contributed by atoms with Crippen LogP contribution in [0.25, 0.3) is 0 Å². The summed E-state index contributed by atoms with van der Waals surface area (Å²) < 4.78 is 26.9. The SMILES string of the molecule is CCCNS(=O)(=O)c1cccc(C(=O)Nc2c(C)cccc2C)c1. The Hall–Kier alpha value is -2.18. The number of carbonyl (C=O) groups is 1. The molecule has 6 heteroatoms. The first-order valence-corrected chi connectivity index (χ1v) is 9.30. The van der Waals surface area contributed by atoms with Crippen molar-refractivity contribution in [2.24, 2.45) is 0 Å². The molecule has 0 radical (unpaired) electrons. The molecule has 0 fully saturated rings. The van der Waals surface area contributed by atoms with Gasteiger partial charge in [-0.1, -0.05) is 31.2 Å². The topological polar surface area (TPSA) is 75.3 Å². The van der Waals surface area contributed by atoms with Crippen molar-refractivity contribution in [1.82, 2.24) is 4.72 Å². The summed E-state index contributed by atoms with van der Waals surface area (Å²) in [5.41, 5.74) is 2.96. The fourth-order valence-corrected chi connectivity index (χ4v) is 3.50. The first-order chi connectivity index (χ1) is 11.3. The van der Waals surface area contributed by atoms with Crippen molar-refractivity contribution in [3.05, 3.63) is 59.2 Å². The summed E-state index contributed by atoms with van der Waals surface area (Å²) in [6.45, 7) is 6.08. The largest absolute Gasteiger partial charge is 0.322 e. The van der Waals surface area contributed by atoms with Gasteiger partial charge in [0, 0.05) is 17.8 Å². The molecule has 1 amide bonds. The maximum absolute atomic E-state index is 12.5. The number of sulfonamides is 1. The second-order valence-corrected chi connectivity index (χ2v) is 7.41. The number of nitrogens with one attached hydrogen (secondary N) is 2. The fraction of sp³-hybridized carbons (Fsp3) is 0.278. The molecule has 24 heavy (non-hydrogen) atoms. The smallest absolute Gasteiger partial charge is 0.255 e. The third kappa shape index (κ3) is 4.21. The Morgan fingerprint density at radius 3 is 2.29 bits per heavy atom. The van der Waals surface area contributed by atoms with Crippen molar-refractivity contribution in [2.45, 2.75) is 32.1 Å². The Labute approximate surface area is 143 Å². The molecule has 0 unspecified atom stereocenters. The van der Waals surface area contributed by atoms with Gasteiger partial charge in [-0.25, -0.2) is 13.1 Å². The molecule has 0 saturated carbocycles. The van der Waals surface area contributed by atoms with Crippen LogP contribution in [0.4, 0.5) is 5.69 Å². The number of benzene rings is 2. The number of hydrogen-bond acceptors (Lipinski definition) is 3. The van der Waals surface area contributed by atoms with Crippen LogP contribution in [-0.4, -0.2) is 20.9 Å². The van der Waals surface area contributed by atoms with Crippen LogP contribution in [0, 0.1) is 13.8 Å². The van der Waals surface area contributed by atoms with Crippen molar-refractivity contribution in [1.29, 1.82) is 0 Å². The molecule has 0 aliphatic carbocycles. The van der Waals surface area contributed by atoms with E-state index in [1.54, 1.807) is 12.1 Å². The average molecular weight is 346 g/mol. The second kappa shape index (κ2) is 7.59.